The highest BCUT2D eigenvalue weighted by molar-refractivity contribution is 7.98. The third-order valence-corrected chi connectivity index (χ3v) is 2.88. The highest BCUT2D eigenvalue weighted by Gasteiger charge is 2.23. The van der Waals surface area contributed by atoms with Crippen molar-refractivity contribution in [2.45, 2.75) is 12.5 Å². The quantitative estimate of drug-likeness (QED) is 0.644. The van der Waals surface area contributed by atoms with Crippen LogP contribution >= 0.6 is 11.8 Å². The summed E-state index contributed by atoms with van der Waals surface area (Å²) in [6.45, 7) is 1.58. The number of hydrogen-bond acceptors (Lipinski definition) is 6. The number of hydrogen-bond donors (Lipinski definition) is 3. The molecule has 1 aromatic heterocycles. The van der Waals surface area contributed by atoms with Crippen LogP contribution in [0.5, 0.6) is 0 Å². The van der Waals surface area contributed by atoms with Crippen LogP contribution in [0.3, 0.4) is 0 Å². The lowest BCUT2D eigenvalue weighted by Crippen LogP contribution is -2.45. The fourth-order valence-corrected chi connectivity index (χ4v) is 1.89. The van der Waals surface area contributed by atoms with Gasteiger partial charge in [0.25, 0.3) is 0 Å². The second kappa shape index (κ2) is 6.41. The van der Waals surface area contributed by atoms with Gasteiger partial charge in [-0.25, -0.2) is 0 Å². The molecule has 1 aromatic rings. The van der Waals surface area contributed by atoms with E-state index in [0.29, 0.717) is 5.75 Å². The summed E-state index contributed by atoms with van der Waals surface area (Å²) in [7, 11) is 0. The molecular formula is C10H15N3O4S. The molecule has 0 aliphatic carbocycles. The minimum atomic E-state index is -1.05. The monoisotopic (exact) mass is 273 g/mol. The molecule has 0 aliphatic rings. The first-order chi connectivity index (χ1) is 8.44. The third-order valence-electron chi connectivity index (χ3n) is 1.97. The predicted molar refractivity (Wildman–Crippen MR) is 67.1 cm³/mol. The molecule has 18 heavy (non-hydrogen) atoms. The summed E-state index contributed by atoms with van der Waals surface area (Å²) >= 11 is 1.45. The second-order valence-corrected chi connectivity index (χ2v) is 4.82. The Labute approximate surface area is 108 Å². The Morgan fingerprint density at radius 1 is 1.56 bits per heavy atom. The van der Waals surface area contributed by atoms with Gasteiger partial charge in [0.05, 0.1) is 5.60 Å². The topological polar surface area (TPSA) is 104 Å². The van der Waals surface area contributed by atoms with Gasteiger partial charge in [-0.1, -0.05) is 5.16 Å². The van der Waals surface area contributed by atoms with Crippen LogP contribution in [0.4, 0.5) is 5.82 Å². The first-order valence-corrected chi connectivity index (χ1v) is 6.55. The Morgan fingerprint density at radius 2 is 2.28 bits per heavy atom. The Hall–Kier alpha value is -1.54. The summed E-state index contributed by atoms with van der Waals surface area (Å²) in [6.07, 6.45) is 3.12. The molecule has 0 saturated heterocycles. The molecule has 1 rings (SSSR count). The molecule has 7 nitrogen and oxygen atoms in total. The lowest BCUT2D eigenvalue weighted by molar-refractivity contribution is -0.136. The van der Waals surface area contributed by atoms with E-state index in [2.05, 4.69) is 20.3 Å². The van der Waals surface area contributed by atoms with Crippen molar-refractivity contribution in [2.24, 2.45) is 0 Å². The molecule has 1 atom stereocenters. The first kappa shape index (κ1) is 14.5. The Morgan fingerprint density at radius 3 is 2.83 bits per heavy atom. The zero-order valence-electron chi connectivity index (χ0n) is 10.1. The number of carbonyl (C=O) groups is 2. The van der Waals surface area contributed by atoms with Gasteiger partial charge < -0.3 is 14.9 Å². The SMILES string of the molecule is CSCC(C)(O)CNC(=O)C(=O)Nc1ccon1. The summed E-state index contributed by atoms with van der Waals surface area (Å²) in [6, 6.07) is 1.41. The lowest BCUT2D eigenvalue weighted by Gasteiger charge is -2.22. The number of nitrogens with one attached hydrogen (secondary N) is 2. The van der Waals surface area contributed by atoms with Crippen LogP contribution in [0.1, 0.15) is 6.92 Å². The van der Waals surface area contributed by atoms with Gasteiger partial charge in [-0.15, -0.1) is 0 Å². The van der Waals surface area contributed by atoms with Crippen molar-refractivity contribution in [3.63, 3.8) is 0 Å². The number of rotatable bonds is 5. The van der Waals surface area contributed by atoms with Crippen LogP contribution in [-0.2, 0) is 9.59 Å². The predicted octanol–water partition coefficient (Wildman–Crippen LogP) is -0.157. The molecule has 8 heteroatoms. The van der Waals surface area contributed by atoms with Gasteiger partial charge in [0.15, 0.2) is 5.82 Å². The van der Waals surface area contributed by atoms with E-state index in [1.807, 2.05) is 6.26 Å². The van der Waals surface area contributed by atoms with Gasteiger partial charge in [-0.05, 0) is 13.2 Å². The van der Waals surface area contributed by atoms with Gasteiger partial charge in [0.1, 0.15) is 6.26 Å². The van der Waals surface area contributed by atoms with E-state index >= 15 is 0 Å². The summed E-state index contributed by atoms with van der Waals surface area (Å²) < 4.78 is 4.50. The molecule has 0 aromatic carbocycles. The first-order valence-electron chi connectivity index (χ1n) is 5.15. The van der Waals surface area contributed by atoms with Crippen molar-refractivity contribution in [1.29, 1.82) is 0 Å². The van der Waals surface area contributed by atoms with Crippen LogP contribution < -0.4 is 10.6 Å². The number of aliphatic hydroxyl groups is 1. The summed E-state index contributed by atoms with van der Waals surface area (Å²) in [5.74, 6) is -1.08. The average molecular weight is 273 g/mol. The van der Waals surface area contributed by atoms with Crippen molar-refractivity contribution >= 4 is 29.4 Å². The van der Waals surface area contributed by atoms with Crippen molar-refractivity contribution in [2.75, 3.05) is 23.9 Å². The normalized spacial score (nSPS) is 13.7. The minimum Gasteiger partial charge on any atom is -0.387 e. The van der Waals surface area contributed by atoms with Crippen LogP contribution in [0, 0.1) is 0 Å². The summed E-state index contributed by atoms with van der Waals surface area (Å²) in [4.78, 5) is 22.8. The standard InChI is InChI=1S/C10H15N3O4S/c1-10(16,6-18-2)5-11-8(14)9(15)12-7-3-4-17-13-7/h3-4,16H,5-6H2,1-2H3,(H,11,14)(H,12,13,15). The maximum Gasteiger partial charge on any atom is 0.314 e. The van der Waals surface area contributed by atoms with Crippen molar-refractivity contribution in [1.82, 2.24) is 10.5 Å². The molecule has 0 fully saturated rings. The van der Waals surface area contributed by atoms with E-state index in [4.69, 9.17) is 0 Å². The molecule has 0 spiro atoms. The van der Waals surface area contributed by atoms with E-state index in [9.17, 15) is 14.7 Å². The Balaban J connectivity index is 2.39. The zero-order chi connectivity index (χ0) is 13.6. The van der Waals surface area contributed by atoms with Gasteiger partial charge in [-0.2, -0.15) is 11.8 Å². The molecule has 0 bridgehead atoms. The van der Waals surface area contributed by atoms with E-state index in [-0.39, 0.29) is 12.4 Å². The number of aromatic nitrogens is 1. The summed E-state index contributed by atoms with van der Waals surface area (Å²) in [5.41, 5.74) is -1.05. The van der Waals surface area contributed by atoms with Crippen molar-refractivity contribution < 1.29 is 19.2 Å². The highest BCUT2D eigenvalue weighted by Crippen LogP contribution is 2.08. The highest BCUT2D eigenvalue weighted by atomic mass is 32.2. The molecule has 0 radical (unpaired) electrons. The van der Waals surface area contributed by atoms with Gasteiger partial charge in [-0.3, -0.25) is 14.9 Å². The zero-order valence-corrected chi connectivity index (χ0v) is 10.9. The van der Waals surface area contributed by atoms with E-state index in [1.165, 1.54) is 24.1 Å². The van der Waals surface area contributed by atoms with E-state index < -0.39 is 17.4 Å². The number of amides is 2. The number of thioether (sulfide) groups is 1. The molecular weight excluding hydrogens is 258 g/mol. The molecule has 100 valence electrons. The molecule has 3 N–H and O–H groups in total. The number of nitrogens with zero attached hydrogens (tertiary/aromatic N) is 1. The van der Waals surface area contributed by atoms with Crippen LogP contribution in [0.2, 0.25) is 0 Å². The summed E-state index contributed by atoms with van der Waals surface area (Å²) in [5, 5.41) is 17.8. The van der Waals surface area contributed by atoms with Gasteiger partial charge >= 0.3 is 11.8 Å². The van der Waals surface area contributed by atoms with Crippen molar-refractivity contribution in [3.8, 4) is 0 Å². The number of carbonyl (C=O) groups excluding carboxylic acids is 2. The molecule has 1 heterocycles. The molecule has 0 saturated carbocycles. The maximum atomic E-state index is 11.4. The smallest absolute Gasteiger partial charge is 0.314 e. The average Bonchev–Trinajstić information content (AvgIpc) is 2.78. The van der Waals surface area contributed by atoms with Crippen LogP contribution in [0.15, 0.2) is 16.9 Å². The maximum absolute atomic E-state index is 11.4. The molecule has 1 unspecified atom stereocenters. The van der Waals surface area contributed by atoms with Gasteiger partial charge in [0.2, 0.25) is 0 Å². The minimum absolute atomic E-state index is 0.00108. The lowest BCUT2D eigenvalue weighted by atomic mass is 10.1. The largest absolute Gasteiger partial charge is 0.387 e. The fourth-order valence-electron chi connectivity index (χ4n) is 1.16. The van der Waals surface area contributed by atoms with Crippen molar-refractivity contribution in [3.05, 3.63) is 12.3 Å². The Bertz CT molecular complexity index is 405. The second-order valence-electron chi connectivity index (χ2n) is 3.95. The van der Waals surface area contributed by atoms with E-state index in [1.54, 1.807) is 6.92 Å². The van der Waals surface area contributed by atoms with E-state index in [0.717, 1.165) is 0 Å². The Kier molecular flexibility index (Phi) is 5.17. The van der Waals surface area contributed by atoms with Crippen LogP contribution in [0.25, 0.3) is 0 Å². The third kappa shape index (κ3) is 4.76. The molecule has 0 aliphatic heterocycles. The number of anilines is 1. The van der Waals surface area contributed by atoms with Crippen LogP contribution in [-0.4, -0.2) is 46.2 Å². The van der Waals surface area contributed by atoms with Gasteiger partial charge in [0, 0.05) is 18.4 Å². The fraction of sp³-hybridized carbons (Fsp3) is 0.500. The molecule has 2 amide bonds.